The van der Waals surface area contributed by atoms with Crippen LogP contribution >= 0.6 is 0 Å². The Morgan fingerprint density at radius 1 is 1.31 bits per heavy atom. The van der Waals surface area contributed by atoms with Crippen molar-refractivity contribution in [3.05, 3.63) is 29.8 Å². The molecule has 0 spiro atoms. The van der Waals surface area contributed by atoms with Gasteiger partial charge in [-0.25, -0.2) is 4.79 Å². The Hall–Kier alpha value is -2.25. The fourth-order valence-electron chi connectivity index (χ4n) is 3.16. The second kappa shape index (κ2) is 8.42. The number of ether oxygens (including phenoxy) is 1. The minimum atomic E-state index is -4.44. The molecule has 1 aromatic carbocycles. The van der Waals surface area contributed by atoms with E-state index in [4.69, 9.17) is 4.74 Å². The number of piperidine rings is 1. The molecule has 1 aromatic rings. The number of carbonyl (C=O) groups is 1. The van der Waals surface area contributed by atoms with Gasteiger partial charge in [-0.1, -0.05) is 19.9 Å². The highest BCUT2D eigenvalue weighted by Gasteiger charge is 2.31. The van der Waals surface area contributed by atoms with Crippen LogP contribution in [0.3, 0.4) is 0 Å². The molecule has 0 aliphatic carbocycles. The van der Waals surface area contributed by atoms with Crippen molar-refractivity contribution in [3.8, 4) is 0 Å². The first-order chi connectivity index (χ1) is 12.2. The van der Waals surface area contributed by atoms with E-state index in [-0.39, 0.29) is 18.1 Å². The van der Waals surface area contributed by atoms with E-state index in [1.807, 2.05) is 4.90 Å². The maximum absolute atomic E-state index is 12.8. The van der Waals surface area contributed by atoms with Gasteiger partial charge < -0.3 is 9.64 Å². The standard InChI is InChI=1S/C18H24F3N3O2/c1-4-26-17(25)16(24-10-12(2)8-13(3)11-24)23-22-15-7-5-6-14(9-15)18(19,20)21/h5-7,9,12-13,22H,4,8,10-11H2,1-3H3/b23-16-/t12-,13-/m1/s1. The van der Waals surface area contributed by atoms with E-state index in [2.05, 4.69) is 24.4 Å². The molecule has 1 saturated heterocycles. The van der Waals surface area contributed by atoms with Crippen LogP contribution in [-0.2, 0) is 15.7 Å². The molecule has 0 radical (unpaired) electrons. The summed E-state index contributed by atoms with van der Waals surface area (Å²) in [6, 6.07) is 4.68. The predicted octanol–water partition coefficient (Wildman–Crippen LogP) is 3.97. The predicted molar refractivity (Wildman–Crippen MR) is 93.7 cm³/mol. The van der Waals surface area contributed by atoms with Crippen molar-refractivity contribution in [2.24, 2.45) is 16.9 Å². The number of esters is 1. The molecule has 1 aliphatic rings. The highest BCUT2D eigenvalue weighted by molar-refractivity contribution is 6.35. The van der Waals surface area contributed by atoms with Gasteiger partial charge >= 0.3 is 12.1 Å². The number of hydrazone groups is 1. The van der Waals surface area contributed by atoms with Gasteiger partial charge in [0.1, 0.15) is 0 Å². The van der Waals surface area contributed by atoms with Gasteiger partial charge in [-0.05, 0) is 43.4 Å². The van der Waals surface area contributed by atoms with Crippen LogP contribution in [-0.4, -0.2) is 36.4 Å². The number of nitrogens with zero attached hydrogens (tertiary/aromatic N) is 2. The number of benzene rings is 1. The summed E-state index contributed by atoms with van der Waals surface area (Å²) >= 11 is 0. The molecular formula is C18H24F3N3O2. The molecule has 0 saturated carbocycles. The number of hydrogen-bond donors (Lipinski definition) is 1. The number of nitrogens with one attached hydrogen (secondary N) is 1. The average molecular weight is 371 g/mol. The highest BCUT2D eigenvalue weighted by Crippen LogP contribution is 2.30. The molecule has 1 heterocycles. The normalized spacial score (nSPS) is 21.5. The molecule has 144 valence electrons. The Labute approximate surface area is 151 Å². The van der Waals surface area contributed by atoms with Crippen LogP contribution in [0.2, 0.25) is 0 Å². The van der Waals surface area contributed by atoms with E-state index < -0.39 is 17.7 Å². The van der Waals surface area contributed by atoms with Crippen LogP contribution in [0.15, 0.2) is 29.4 Å². The molecule has 26 heavy (non-hydrogen) atoms. The maximum atomic E-state index is 12.8. The Morgan fingerprint density at radius 3 is 2.54 bits per heavy atom. The van der Waals surface area contributed by atoms with Crippen LogP contribution in [0.1, 0.15) is 32.8 Å². The lowest BCUT2D eigenvalue weighted by Crippen LogP contribution is -2.46. The lowest BCUT2D eigenvalue weighted by Gasteiger charge is -2.36. The van der Waals surface area contributed by atoms with E-state index in [0.717, 1.165) is 18.6 Å². The van der Waals surface area contributed by atoms with Crippen LogP contribution in [0.25, 0.3) is 0 Å². The number of carbonyl (C=O) groups excluding carboxylic acids is 1. The summed E-state index contributed by atoms with van der Waals surface area (Å²) in [6.45, 7) is 7.35. The Bertz CT molecular complexity index is 651. The topological polar surface area (TPSA) is 53.9 Å². The van der Waals surface area contributed by atoms with Gasteiger partial charge in [0.05, 0.1) is 17.9 Å². The average Bonchev–Trinajstić information content (AvgIpc) is 2.54. The third-order valence-electron chi connectivity index (χ3n) is 4.11. The lowest BCUT2D eigenvalue weighted by molar-refractivity contribution is -0.138. The van der Waals surface area contributed by atoms with E-state index in [1.165, 1.54) is 12.1 Å². The summed E-state index contributed by atoms with van der Waals surface area (Å²) in [5, 5.41) is 4.08. The summed E-state index contributed by atoms with van der Waals surface area (Å²) in [6.07, 6.45) is -3.39. The van der Waals surface area contributed by atoms with Crippen molar-refractivity contribution in [1.29, 1.82) is 0 Å². The fraction of sp³-hybridized carbons (Fsp3) is 0.556. The largest absolute Gasteiger partial charge is 0.460 e. The number of likely N-dealkylation sites (tertiary alicyclic amines) is 1. The second-order valence-corrected chi connectivity index (χ2v) is 6.70. The zero-order chi connectivity index (χ0) is 19.3. The molecule has 0 unspecified atom stereocenters. The summed E-state index contributed by atoms with van der Waals surface area (Å²) in [5.41, 5.74) is 1.94. The Kier molecular flexibility index (Phi) is 6.50. The van der Waals surface area contributed by atoms with Crippen molar-refractivity contribution in [1.82, 2.24) is 4.90 Å². The molecule has 1 N–H and O–H groups in total. The van der Waals surface area contributed by atoms with Crippen molar-refractivity contribution in [3.63, 3.8) is 0 Å². The van der Waals surface area contributed by atoms with Gasteiger partial charge in [-0.3, -0.25) is 5.43 Å². The zero-order valence-electron chi connectivity index (χ0n) is 15.1. The minimum absolute atomic E-state index is 0.0858. The maximum Gasteiger partial charge on any atom is 0.416 e. The smallest absolute Gasteiger partial charge is 0.416 e. The summed E-state index contributed by atoms with van der Waals surface area (Å²) < 4.78 is 43.5. The first kappa shape index (κ1) is 20.1. The Morgan fingerprint density at radius 2 is 1.96 bits per heavy atom. The summed E-state index contributed by atoms with van der Waals surface area (Å²) in [7, 11) is 0. The van der Waals surface area contributed by atoms with E-state index >= 15 is 0 Å². The van der Waals surface area contributed by atoms with E-state index in [9.17, 15) is 18.0 Å². The van der Waals surface area contributed by atoms with Crippen LogP contribution in [0, 0.1) is 11.8 Å². The quantitative estimate of drug-likeness (QED) is 0.378. The van der Waals surface area contributed by atoms with Crippen molar-refractivity contribution in [2.75, 3.05) is 25.1 Å². The molecule has 0 amide bonds. The third-order valence-corrected chi connectivity index (χ3v) is 4.11. The van der Waals surface area contributed by atoms with Gasteiger partial charge in [0.25, 0.3) is 0 Å². The summed E-state index contributed by atoms with van der Waals surface area (Å²) in [5.74, 6) is 0.259. The van der Waals surface area contributed by atoms with E-state index in [1.54, 1.807) is 6.92 Å². The molecule has 0 aromatic heterocycles. The van der Waals surface area contributed by atoms with Gasteiger partial charge in [0.2, 0.25) is 5.84 Å². The number of anilines is 1. The zero-order valence-corrected chi connectivity index (χ0v) is 15.1. The van der Waals surface area contributed by atoms with Crippen molar-refractivity contribution in [2.45, 2.75) is 33.4 Å². The van der Waals surface area contributed by atoms with Gasteiger partial charge in [0, 0.05) is 13.1 Å². The molecule has 1 aliphatic heterocycles. The van der Waals surface area contributed by atoms with Crippen molar-refractivity contribution < 1.29 is 22.7 Å². The number of alkyl halides is 3. The van der Waals surface area contributed by atoms with Gasteiger partial charge in [0.15, 0.2) is 0 Å². The number of amidine groups is 1. The Balaban J connectivity index is 2.24. The number of halogens is 3. The van der Waals surface area contributed by atoms with Gasteiger partial charge in [-0.15, -0.1) is 5.10 Å². The number of rotatable bonds is 3. The molecule has 0 bridgehead atoms. The van der Waals surface area contributed by atoms with Crippen molar-refractivity contribution >= 4 is 17.5 Å². The molecule has 1 fully saturated rings. The molecule has 5 nitrogen and oxygen atoms in total. The van der Waals surface area contributed by atoms with Crippen LogP contribution in [0.4, 0.5) is 18.9 Å². The van der Waals surface area contributed by atoms with Crippen LogP contribution in [0.5, 0.6) is 0 Å². The van der Waals surface area contributed by atoms with Crippen LogP contribution < -0.4 is 5.43 Å². The molecular weight excluding hydrogens is 347 g/mol. The highest BCUT2D eigenvalue weighted by atomic mass is 19.4. The monoisotopic (exact) mass is 371 g/mol. The first-order valence-electron chi connectivity index (χ1n) is 8.63. The summed E-state index contributed by atoms with van der Waals surface area (Å²) in [4.78, 5) is 14.1. The third kappa shape index (κ3) is 5.37. The van der Waals surface area contributed by atoms with Gasteiger partial charge in [-0.2, -0.15) is 13.2 Å². The first-order valence-corrected chi connectivity index (χ1v) is 8.63. The minimum Gasteiger partial charge on any atom is -0.460 e. The number of hydrogen-bond acceptors (Lipinski definition) is 4. The lowest BCUT2D eigenvalue weighted by atomic mass is 9.92. The fourth-order valence-corrected chi connectivity index (χ4v) is 3.16. The SMILES string of the molecule is CCOC(=O)/C(=N/Nc1cccc(C(F)(F)F)c1)N1C[C@H](C)C[C@@H](C)C1. The molecule has 8 heteroatoms. The molecule has 2 atom stereocenters. The molecule has 2 rings (SSSR count). The van der Waals surface area contributed by atoms with E-state index in [0.29, 0.717) is 24.9 Å². The second-order valence-electron chi connectivity index (χ2n) is 6.70.